The number of hydrogen-bond donors (Lipinski definition) is 1. The molecule has 2 fully saturated rings. The van der Waals surface area contributed by atoms with E-state index in [0.717, 1.165) is 18.4 Å². The molecule has 116 valence electrons. The Balaban J connectivity index is 1.66. The number of nitrogens with zero attached hydrogens (tertiary/aromatic N) is 1. The Morgan fingerprint density at radius 1 is 1.36 bits per heavy atom. The van der Waals surface area contributed by atoms with Crippen molar-refractivity contribution in [1.82, 2.24) is 10.2 Å². The molecule has 0 radical (unpaired) electrons. The van der Waals surface area contributed by atoms with Gasteiger partial charge < -0.3 is 9.64 Å². The molecule has 22 heavy (non-hydrogen) atoms. The van der Waals surface area contributed by atoms with E-state index in [1.165, 1.54) is 4.90 Å². The maximum absolute atomic E-state index is 12.4. The van der Waals surface area contributed by atoms with Gasteiger partial charge in [-0.1, -0.05) is 12.1 Å². The molecule has 1 N–H and O–H groups in total. The maximum Gasteiger partial charge on any atom is 0.261 e. The molecule has 1 atom stereocenters. The number of ether oxygens (including phenoxy) is 1. The third kappa shape index (κ3) is 3.10. The summed E-state index contributed by atoms with van der Waals surface area (Å²) < 4.78 is 5.52. The van der Waals surface area contributed by atoms with Crippen molar-refractivity contribution in [1.29, 1.82) is 0 Å². The van der Waals surface area contributed by atoms with Crippen molar-refractivity contribution in [2.75, 3.05) is 6.61 Å². The van der Waals surface area contributed by atoms with Crippen molar-refractivity contribution in [2.24, 2.45) is 0 Å². The molecule has 3 amide bonds. The number of rotatable bonds is 5. The van der Waals surface area contributed by atoms with E-state index >= 15 is 0 Å². The Labute approximate surface area is 128 Å². The average molecular weight is 302 g/mol. The highest BCUT2D eigenvalue weighted by Crippen LogP contribution is 2.31. The summed E-state index contributed by atoms with van der Waals surface area (Å²) in [6.45, 7) is 1.82. The van der Waals surface area contributed by atoms with Gasteiger partial charge in [-0.15, -0.1) is 0 Å². The predicted octanol–water partition coefficient (Wildman–Crippen LogP) is 0.780. The third-order valence-electron chi connectivity index (χ3n) is 3.86. The lowest BCUT2D eigenvalue weighted by molar-refractivity contribution is -0.141. The molecule has 6 heteroatoms. The second-order valence-corrected chi connectivity index (χ2v) is 5.77. The molecule has 1 aromatic rings. The molecular weight excluding hydrogens is 284 g/mol. The molecule has 0 spiro atoms. The van der Waals surface area contributed by atoms with Gasteiger partial charge in [0, 0.05) is 6.04 Å². The minimum atomic E-state index is -0.686. The van der Waals surface area contributed by atoms with Gasteiger partial charge in [-0.05, 0) is 37.5 Å². The van der Waals surface area contributed by atoms with Gasteiger partial charge in [0.25, 0.3) is 5.91 Å². The third-order valence-corrected chi connectivity index (χ3v) is 3.86. The molecule has 0 aromatic heterocycles. The van der Waals surface area contributed by atoms with Crippen LogP contribution in [0.5, 0.6) is 5.75 Å². The molecule has 1 aromatic carbocycles. The van der Waals surface area contributed by atoms with E-state index in [1.54, 1.807) is 6.07 Å². The van der Waals surface area contributed by atoms with E-state index in [1.807, 2.05) is 25.1 Å². The number of carbonyl (C=O) groups is 3. The highest BCUT2D eigenvalue weighted by Gasteiger charge is 2.44. The van der Waals surface area contributed by atoms with Crippen LogP contribution in [0.25, 0.3) is 0 Å². The van der Waals surface area contributed by atoms with Crippen molar-refractivity contribution in [3.8, 4) is 5.75 Å². The normalized spacial score (nSPS) is 20.7. The Hall–Kier alpha value is -2.37. The first-order chi connectivity index (χ1) is 10.5. The second kappa shape index (κ2) is 5.79. The highest BCUT2D eigenvalue weighted by molar-refractivity contribution is 6.07. The summed E-state index contributed by atoms with van der Waals surface area (Å²) in [5.41, 5.74) is 1.05. The maximum atomic E-state index is 12.4. The zero-order chi connectivity index (χ0) is 15.7. The molecule has 0 unspecified atom stereocenters. The number of amides is 3. The SMILES string of the molecule is Cc1cccc(OCC(=O)N(C2CC2)[C@H]2CC(=O)NC2=O)c1. The molecule has 1 saturated carbocycles. The van der Waals surface area contributed by atoms with Crippen molar-refractivity contribution >= 4 is 17.7 Å². The number of carbonyl (C=O) groups excluding carboxylic acids is 3. The summed E-state index contributed by atoms with van der Waals surface area (Å²) in [6.07, 6.45) is 1.79. The van der Waals surface area contributed by atoms with E-state index in [4.69, 9.17) is 4.74 Å². The quantitative estimate of drug-likeness (QED) is 0.816. The fraction of sp³-hybridized carbons (Fsp3) is 0.438. The molecule has 1 aliphatic heterocycles. The minimum absolute atomic E-state index is 0.0471. The van der Waals surface area contributed by atoms with Gasteiger partial charge in [0.1, 0.15) is 11.8 Å². The average Bonchev–Trinajstić information content (AvgIpc) is 3.23. The Morgan fingerprint density at radius 2 is 2.14 bits per heavy atom. The van der Waals surface area contributed by atoms with Crippen molar-refractivity contribution in [3.63, 3.8) is 0 Å². The van der Waals surface area contributed by atoms with Crippen LogP contribution >= 0.6 is 0 Å². The summed E-state index contributed by atoms with van der Waals surface area (Å²) >= 11 is 0. The molecule has 1 saturated heterocycles. The van der Waals surface area contributed by atoms with Crippen molar-refractivity contribution in [2.45, 2.75) is 38.3 Å². The van der Waals surface area contributed by atoms with Crippen molar-refractivity contribution < 1.29 is 19.1 Å². The molecule has 6 nitrogen and oxygen atoms in total. The van der Waals surface area contributed by atoms with Crippen LogP contribution in [0.15, 0.2) is 24.3 Å². The van der Waals surface area contributed by atoms with E-state index in [0.29, 0.717) is 5.75 Å². The summed E-state index contributed by atoms with van der Waals surface area (Å²) in [6, 6.07) is 6.80. The van der Waals surface area contributed by atoms with Gasteiger partial charge in [0.15, 0.2) is 6.61 Å². The molecule has 1 aliphatic carbocycles. The van der Waals surface area contributed by atoms with Crippen LogP contribution in [-0.2, 0) is 14.4 Å². The first-order valence-electron chi connectivity index (χ1n) is 7.39. The number of nitrogens with one attached hydrogen (secondary N) is 1. The fourth-order valence-corrected chi connectivity index (χ4v) is 2.67. The van der Waals surface area contributed by atoms with Crippen LogP contribution < -0.4 is 10.1 Å². The number of imide groups is 1. The summed E-state index contributed by atoms with van der Waals surface area (Å²) in [4.78, 5) is 37.1. The van der Waals surface area contributed by atoms with Crippen molar-refractivity contribution in [3.05, 3.63) is 29.8 Å². The zero-order valence-corrected chi connectivity index (χ0v) is 12.4. The van der Waals surface area contributed by atoms with Gasteiger partial charge in [-0.2, -0.15) is 0 Å². The number of benzene rings is 1. The fourth-order valence-electron chi connectivity index (χ4n) is 2.67. The number of aryl methyl sites for hydroxylation is 1. The topological polar surface area (TPSA) is 75.7 Å². The molecule has 1 heterocycles. The zero-order valence-electron chi connectivity index (χ0n) is 12.4. The molecule has 3 rings (SSSR count). The summed E-state index contributed by atoms with van der Waals surface area (Å²) in [7, 11) is 0. The van der Waals surface area contributed by atoms with E-state index in [-0.39, 0.29) is 36.8 Å². The lowest BCUT2D eigenvalue weighted by Crippen LogP contribution is -2.47. The molecule has 2 aliphatic rings. The Morgan fingerprint density at radius 3 is 2.73 bits per heavy atom. The Bertz CT molecular complexity index is 624. The standard InChI is InChI=1S/C16H18N2O4/c1-10-3-2-4-12(7-10)22-9-15(20)18(11-5-6-11)13-8-14(19)17-16(13)21/h2-4,7,11,13H,5-6,8-9H2,1H3,(H,17,19,21)/t13-/m0/s1. The van der Waals surface area contributed by atoms with E-state index in [9.17, 15) is 14.4 Å². The van der Waals surface area contributed by atoms with Crippen LogP contribution in [0.3, 0.4) is 0 Å². The molecular formula is C16H18N2O4. The van der Waals surface area contributed by atoms with Crippen LogP contribution in [-0.4, -0.2) is 41.3 Å². The van der Waals surface area contributed by atoms with Gasteiger partial charge >= 0.3 is 0 Å². The van der Waals surface area contributed by atoms with Gasteiger partial charge in [0.05, 0.1) is 6.42 Å². The Kier molecular flexibility index (Phi) is 3.83. The largest absolute Gasteiger partial charge is 0.484 e. The van der Waals surface area contributed by atoms with E-state index < -0.39 is 6.04 Å². The summed E-state index contributed by atoms with van der Waals surface area (Å²) in [5, 5.41) is 2.25. The molecule has 0 bridgehead atoms. The monoisotopic (exact) mass is 302 g/mol. The first-order valence-corrected chi connectivity index (χ1v) is 7.39. The van der Waals surface area contributed by atoms with E-state index in [2.05, 4.69) is 5.32 Å². The lowest BCUT2D eigenvalue weighted by Gasteiger charge is -2.26. The number of hydrogen-bond acceptors (Lipinski definition) is 4. The predicted molar refractivity (Wildman–Crippen MR) is 78.1 cm³/mol. The highest BCUT2D eigenvalue weighted by atomic mass is 16.5. The van der Waals surface area contributed by atoms with Gasteiger partial charge in [-0.3, -0.25) is 19.7 Å². The van der Waals surface area contributed by atoms with Crippen LogP contribution in [0, 0.1) is 6.92 Å². The van der Waals surface area contributed by atoms with Crippen LogP contribution in [0.1, 0.15) is 24.8 Å². The van der Waals surface area contributed by atoms with Gasteiger partial charge in [-0.25, -0.2) is 0 Å². The smallest absolute Gasteiger partial charge is 0.261 e. The second-order valence-electron chi connectivity index (χ2n) is 5.77. The van der Waals surface area contributed by atoms with Crippen LogP contribution in [0.4, 0.5) is 0 Å². The first kappa shape index (κ1) is 14.6. The lowest BCUT2D eigenvalue weighted by atomic mass is 10.2. The minimum Gasteiger partial charge on any atom is -0.484 e. The van der Waals surface area contributed by atoms with Crippen LogP contribution in [0.2, 0.25) is 0 Å². The van der Waals surface area contributed by atoms with Gasteiger partial charge in [0.2, 0.25) is 11.8 Å². The summed E-state index contributed by atoms with van der Waals surface area (Å²) in [5.74, 6) is -0.344.